The number of rotatable bonds is 5. The molecule has 29 heavy (non-hydrogen) atoms. The van der Waals surface area contributed by atoms with Crippen molar-refractivity contribution in [1.82, 2.24) is 4.90 Å². The molecule has 1 saturated heterocycles. The fraction of sp³-hybridized carbons (Fsp3) is 0.417. The third-order valence-corrected chi connectivity index (χ3v) is 5.34. The quantitative estimate of drug-likeness (QED) is 0.816. The van der Waals surface area contributed by atoms with Crippen LogP contribution in [0.5, 0.6) is 5.75 Å². The zero-order chi connectivity index (χ0) is 21.0. The molecular weight excluding hydrogens is 364 g/mol. The number of para-hydroxylation sites is 2. The van der Waals surface area contributed by atoms with Gasteiger partial charge in [-0.2, -0.15) is 0 Å². The molecule has 2 aromatic rings. The van der Waals surface area contributed by atoms with Gasteiger partial charge >= 0.3 is 0 Å². The van der Waals surface area contributed by atoms with E-state index in [1.54, 1.807) is 12.1 Å². The molecule has 154 valence electrons. The first-order valence-corrected chi connectivity index (χ1v) is 10.2. The van der Waals surface area contributed by atoms with E-state index < -0.39 is 0 Å². The maximum Gasteiger partial charge on any atom is 0.262 e. The van der Waals surface area contributed by atoms with Gasteiger partial charge in [0.25, 0.3) is 11.8 Å². The Morgan fingerprint density at radius 2 is 1.62 bits per heavy atom. The van der Waals surface area contributed by atoms with Gasteiger partial charge in [-0.25, -0.2) is 0 Å². The average Bonchev–Trinajstić information content (AvgIpc) is 2.67. The van der Waals surface area contributed by atoms with Crippen molar-refractivity contribution in [2.45, 2.75) is 34.1 Å². The minimum Gasteiger partial charge on any atom is -0.483 e. The number of anilines is 1. The van der Waals surface area contributed by atoms with Crippen molar-refractivity contribution in [3.05, 3.63) is 59.2 Å². The number of amides is 2. The fourth-order valence-electron chi connectivity index (χ4n) is 4.13. The molecule has 1 N–H and O–H groups in total. The van der Waals surface area contributed by atoms with Crippen molar-refractivity contribution in [1.29, 1.82) is 0 Å². The van der Waals surface area contributed by atoms with E-state index in [0.29, 0.717) is 23.1 Å². The van der Waals surface area contributed by atoms with Gasteiger partial charge in [-0.3, -0.25) is 9.59 Å². The molecule has 0 radical (unpaired) electrons. The lowest BCUT2D eigenvalue weighted by atomic mass is 9.91. The highest BCUT2D eigenvalue weighted by atomic mass is 16.5. The molecule has 2 aromatic carbocycles. The van der Waals surface area contributed by atoms with Crippen molar-refractivity contribution in [3.63, 3.8) is 0 Å². The molecule has 0 spiro atoms. The van der Waals surface area contributed by atoms with Gasteiger partial charge in [-0.05, 0) is 55.4 Å². The molecule has 1 aliphatic heterocycles. The van der Waals surface area contributed by atoms with Gasteiger partial charge in [0.1, 0.15) is 5.75 Å². The van der Waals surface area contributed by atoms with E-state index in [2.05, 4.69) is 19.2 Å². The Labute approximate surface area is 173 Å². The van der Waals surface area contributed by atoms with Gasteiger partial charge in [0, 0.05) is 13.1 Å². The SMILES string of the molecule is Cc1cccc(C)c1OCC(=O)Nc1ccccc1C(=O)N1CC(C)CC(C)C1. The van der Waals surface area contributed by atoms with Gasteiger partial charge < -0.3 is 15.0 Å². The Balaban J connectivity index is 1.68. The summed E-state index contributed by atoms with van der Waals surface area (Å²) in [7, 11) is 0. The third kappa shape index (κ3) is 5.17. The number of ether oxygens (including phenoxy) is 1. The number of aryl methyl sites for hydroxylation is 2. The van der Waals surface area contributed by atoms with Crippen LogP contribution in [0.2, 0.25) is 0 Å². The van der Waals surface area contributed by atoms with Crippen LogP contribution in [0, 0.1) is 25.7 Å². The first kappa shape index (κ1) is 20.9. The minimum absolute atomic E-state index is 0.0324. The molecule has 2 unspecified atom stereocenters. The van der Waals surface area contributed by atoms with Crippen LogP contribution >= 0.6 is 0 Å². The Morgan fingerprint density at radius 3 is 2.28 bits per heavy atom. The molecule has 5 nitrogen and oxygen atoms in total. The average molecular weight is 395 g/mol. The third-order valence-electron chi connectivity index (χ3n) is 5.34. The Hall–Kier alpha value is -2.82. The highest BCUT2D eigenvalue weighted by Gasteiger charge is 2.27. The maximum atomic E-state index is 13.1. The summed E-state index contributed by atoms with van der Waals surface area (Å²) in [6, 6.07) is 13.0. The van der Waals surface area contributed by atoms with Crippen LogP contribution in [0.1, 0.15) is 41.8 Å². The first-order valence-electron chi connectivity index (χ1n) is 10.2. The van der Waals surface area contributed by atoms with Gasteiger partial charge in [-0.1, -0.05) is 44.2 Å². The van der Waals surface area contributed by atoms with Crippen LogP contribution in [0.3, 0.4) is 0 Å². The van der Waals surface area contributed by atoms with E-state index >= 15 is 0 Å². The largest absolute Gasteiger partial charge is 0.483 e. The molecule has 1 aliphatic rings. The summed E-state index contributed by atoms with van der Waals surface area (Å²) in [6.07, 6.45) is 1.14. The van der Waals surface area contributed by atoms with Crippen molar-refractivity contribution < 1.29 is 14.3 Å². The Morgan fingerprint density at radius 1 is 1.00 bits per heavy atom. The molecular formula is C24H30N2O3. The predicted octanol–water partition coefficient (Wildman–Crippen LogP) is 4.44. The number of nitrogens with zero attached hydrogens (tertiary/aromatic N) is 1. The molecule has 3 rings (SSSR count). The summed E-state index contributed by atoms with van der Waals surface area (Å²) in [5, 5.41) is 2.85. The highest BCUT2D eigenvalue weighted by molar-refractivity contribution is 6.04. The number of hydrogen-bond acceptors (Lipinski definition) is 3. The van der Waals surface area contributed by atoms with Gasteiger partial charge in [0.2, 0.25) is 0 Å². The molecule has 2 amide bonds. The van der Waals surface area contributed by atoms with Gasteiger partial charge in [-0.15, -0.1) is 0 Å². The summed E-state index contributed by atoms with van der Waals surface area (Å²) in [4.78, 5) is 27.5. The van der Waals surface area contributed by atoms with Crippen molar-refractivity contribution >= 4 is 17.5 Å². The second-order valence-corrected chi connectivity index (χ2v) is 8.26. The van der Waals surface area contributed by atoms with Crippen LogP contribution in [0.15, 0.2) is 42.5 Å². The summed E-state index contributed by atoms with van der Waals surface area (Å²) < 4.78 is 5.74. The number of benzene rings is 2. The van der Waals surface area contributed by atoms with E-state index in [1.807, 2.05) is 49.1 Å². The van der Waals surface area contributed by atoms with Crippen molar-refractivity contribution in [3.8, 4) is 5.75 Å². The monoisotopic (exact) mass is 394 g/mol. The lowest BCUT2D eigenvalue weighted by molar-refractivity contribution is -0.118. The number of carbonyl (C=O) groups excluding carboxylic acids is 2. The second kappa shape index (κ2) is 9.12. The summed E-state index contributed by atoms with van der Waals surface area (Å²) in [5.74, 6) is 1.37. The summed E-state index contributed by atoms with van der Waals surface area (Å²) >= 11 is 0. The van der Waals surface area contributed by atoms with E-state index in [4.69, 9.17) is 4.74 Å². The van der Waals surface area contributed by atoms with Gasteiger partial charge in [0.15, 0.2) is 6.61 Å². The van der Waals surface area contributed by atoms with Crippen molar-refractivity contribution in [2.24, 2.45) is 11.8 Å². The molecule has 0 saturated carbocycles. The standard InChI is InChI=1S/C24H30N2O3/c1-16-12-17(2)14-26(13-16)24(28)20-10-5-6-11-21(20)25-22(27)15-29-23-18(3)8-7-9-19(23)4/h5-11,16-17H,12-15H2,1-4H3,(H,25,27). The Kier molecular flexibility index (Phi) is 6.57. The van der Waals surface area contributed by atoms with E-state index in [0.717, 1.165) is 36.4 Å². The molecule has 0 bridgehead atoms. The van der Waals surface area contributed by atoms with Crippen LogP contribution in [-0.2, 0) is 4.79 Å². The van der Waals surface area contributed by atoms with Crippen LogP contribution in [0.4, 0.5) is 5.69 Å². The van der Waals surface area contributed by atoms with Crippen LogP contribution in [-0.4, -0.2) is 36.4 Å². The number of nitrogens with one attached hydrogen (secondary N) is 1. The lowest BCUT2D eigenvalue weighted by Crippen LogP contribution is -2.42. The molecule has 0 aromatic heterocycles. The maximum absolute atomic E-state index is 13.1. The zero-order valence-corrected chi connectivity index (χ0v) is 17.7. The normalized spacial score (nSPS) is 19.0. The summed E-state index contributed by atoms with van der Waals surface area (Å²) in [6.45, 7) is 9.65. The van der Waals surface area contributed by atoms with E-state index in [-0.39, 0.29) is 18.4 Å². The highest BCUT2D eigenvalue weighted by Crippen LogP contribution is 2.25. The second-order valence-electron chi connectivity index (χ2n) is 8.26. The molecule has 0 aliphatic carbocycles. The Bertz CT molecular complexity index is 863. The minimum atomic E-state index is -0.284. The molecule has 2 atom stereocenters. The molecule has 1 heterocycles. The fourth-order valence-corrected chi connectivity index (χ4v) is 4.13. The van der Waals surface area contributed by atoms with E-state index in [9.17, 15) is 9.59 Å². The topological polar surface area (TPSA) is 58.6 Å². The number of carbonyl (C=O) groups is 2. The zero-order valence-electron chi connectivity index (χ0n) is 17.7. The first-order chi connectivity index (χ1) is 13.8. The smallest absolute Gasteiger partial charge is 0.262 e. The lowest BCUT2D eigenvalue weighted by Gasteiger charge is -2.35. The number of hydrogen-bond donors (Lipinski definition) is 1. The van der Waals surface area contributed by atoms with E-state index in [1.165, 1.54) is 0 Å². The number of likely N-dealkylation sites (tertiary alicyclic amines) is 1. The van der Waals surface area contributed by atoms with Crippen molar-refractivity contribution in [2.75, 3.05) is 25.0 Å². The van der Waals surface area contributed by atoms with Gasteiger partial charge in [0.05, 0.1) is 11.3 Å². The molecule has 1 fully saturated rings. The van der Waals surface area contributed by atoms with Crippen LogP contribution in [0.25, 0.3) is 0 Å². The number of piperidine rings is 1. The predicted molar refractivity (Wildman–Crippen MR) is 115 cm³/mol. The summed E-state index contributed by atoms with van der Waals surface area (Å²) in [5.41, 5.74) is 3.02. The molecule has 5 heteroatoms. The van der Waals surface area contributed by atoms with Crippen LogP contribution < -0.4 is 10.1 Å².